The number of aromatic amines is 1. The zero-order valence-corrected chi connectivity index (χ0v) is 12.5. The van der Waals surface area contributed by atoms with E-state index < -0.39 is 0 Å². The molecule has 0 aliphatic rings. The number of hydrogen-bond acceptors (Lipinski definition) is 2. The molecule has 0 aliphatic heterocycles. The number of rotatable bonds is 4. The van der Waals surface area contributed by atoms with E-state index in [2.05, 4.69) is 9.97 Å². The lowest BCUT2D eigenvalue weighted by atomic mass is 10.1. The minimum Gasteiger partial charge on any atom is -0.487 e. The van der Waals surface area contributed by atoms with E-state index in [9.17, 15) is 0 Å². The van der Waals surface area contributed by atoms with Crippen LogP contribution in [0.2, 0.25) is 10.0 Å². The van der Waals surface area contributed by atoms with Crippen LogP contribution in [0.5, 0.6) is 5.75 Å². The number of H-pyrrole nitrogens is 1. The summed E-state index contributed by atoms with van der Waals surface area (Å²) in [7, 11) is 0. The summed E-state index contributed by atoms with van der Waals surface area (Å²) in [6.07, 6.45) is 1.66. The van der Waals surface area contributed by atoms with Crippen LogP contribution in [0.4, 0.5) is 0 Å². The van der Waals surface area contributed by atoms with Crippen molar-refractivity contribution < 1.29 is 4.74 Å². The number of hydrogen-bond donors (Lipinski definition) is 1. The first-order chi connectivity index (χ1) is 10.2. The summed E-state index contributed by atoms with van der Waals surface area (Å²) in [6, 6.07) is 14.8. The molecular weight excluding hydrogens is 307 g/mol. The maximum atomic E-state index is 5.90. The van der Waals surface area contributed by atoms with Crippen LogP contribution in [0.15, 0.2) is 54.9 Å². The maximum absolute atomic E-state index is 5.90. The molecule has 2 aromatic carbocycles. The van der Waals surface area contributed by atoms with Gasteiger partial charge < -0.3 is 9.72 Å². The minimum absolute atomic E-state index is 0.402. The summed E-state index contributed by atoms with van der Waals surface area (Å²) in [5.74, 6) is 0.760. The van der Waals surface area contributed by atoms with Gasteiger partial charge in [0.1, 0.15) is 12.4 Å². The van der Waals surface area contributed by atoms with Gasteiger partial charge in [0, 0.05) is 15.6 Å². The van der Waals surface area contributed by atoms with Crippen LogP contribution >= 0.6 is 23.2 Å². The quantitative estimate of drug-likeness (QED) is 0.738. The summed E-state index contributed by atoms with van der Waals surface area (Å²) >= 11 is 11.8. The lowest BCUT2D eigenvalue weighted by molar-refractivity contribution is 0.302. The van der Waals surface area contributed by atoms with Crippen molar-refractivity contribution in [3.05, 3.63) is 70.6 Å². The van der Waals surface area contributed by atoms with E-state index in [0.717, 1.165) is 22.7 Å². The lowest BCUT2D eigenvalue weighted by Gasteiger charge is -2.07. The van der Waals surface area contributed by atoms with Crippen molar-refractivity contribution in [2.75, 3.05) is 0 Å². The molecule has 1 heterocycles. The van der Waals surface area contributed by atoms with Gasteiger partial charge >= 0.3 is 0 Å². The molecule has 0 saturated heterocycles. The van der Waals surface area contributed by atoms with Gasteiger partial charge in [0.05, 0.1) is 17.7 Å². The Hall–Kier alpha value is -1.97. The highest BCUT2D eigenvalue weighted by Crippen LogP contribution is 2.24. The third-order valence-electron chi connectivity index (χ3n) is 3.03. The number of halogens is 2. The number of aromatic nitrogens is 2. The number of nitrogens with one attached hydrogen (secondary N) is 1. The molecule has 0 spiro atoms. The maximum Gasteiger partial charge on any atom is 0.130 e. The monoisotopic (exact) mass is 318 g/mol. The van der Waals surface area contributed by atoms with Crippen LogP contribution in [-0.4, -0.2) is 9.97 Å². The normalized spacial score (nSPS) is 10.6. The van der Waals surface area contributed by atoms with Crippen molar-refractivity contribution in [1.29, 1.82) is 0 Å². The van der Waals surface area contributed by atoms with Gasteiger partial charge in [-0.25, -0.2) is 4.98 Å². The topological polar surface area (TPSA) is 37.9 Å². The second-order valence-corrected chi connectivity index (χ2v) is 5.35. The van der Waals surface area contributed by atoms with Crippen molar-refractivity contribution in [2.24, 2.45) is 0 Å². The van der Waals surface area contributed by atoms with Crippen molar-refractivity contribution in [1.82, 2.24) is 9.97 Å². The Balaban J connectivity index is 1.76. The molecule has 0 atom stereocenters. The molecule has 3 aromatic rings. The van der Waals surface area contributed by atoms with Crippen molar-refractivity contribution in [3.8, 4) is 17.0 Å². The molecule has 106 valence electrons. The molecule has 0 saturated carbocycles. The summed E-state index contributed by atoms with van der Waals surface area (Å²) in [5.41, 5.74) is 2.77. The van der Waals surface area contributed by atoms with E-state index in [1.165, 1.54) is 0 Å². The fourth-order valence-corrected chi connectivity index (χ4v) is 2.23. The molecule has 0 bridgehead atoms. The summed E-state index contributed by atoms with van der Waals surface area (Å²) in [5, 5.41) is 1.39. The first kappa shape index (κ1) is 14.0. The van der Waals surface area contributed by atoms with Gasteiger partial charge in [-0.3, -0.25) is 0 Å². The van der Waals surface area contributed by atoms with E-state index in [1.807, 2.05) is 36.4 Å². The number of imidazole rings is 1. The molecule has 1 aromatic heterocycles. The third-order valence-corrected chi connectivity index (χ3v) is 3.54. The van der Waals surface area contributed by atoms with Gasteiger partial charge in [0.2, 0.25) is 0 Å². The van der Waals surface area contributed by atoms with E-state index in [1.54, 1.807) is 18.5 Å². The molecule has 3 nitrogen and oxygen atoms in total. The van der Waals surface area contributed by atoms with Gasteiger partial charge in [-0.15, -0.1) is 0 Å². The molecule has 0 fully saturated rings. The standard InChI is InChI=1S/C16H12Cl2N2O/c17-12-3-1-11(2-4-12)16-15(19-10-20-16)9-21-14-7-5-13(18)6-8-14/h1-8,10H,9H2,(H,19,20). The van der Waals surface area contributed by atoms with Gasteiger partial charge in [0.15, 0.2) is 0 Å². The van der Waals surface area contributed by atoms with E-state index in [-0.39, 0.29) is 0 Å². The Labute approximate surface area is 132 Å². The van der Waals surface area contributed by atoms with Gasteiger partial charge in [-0.2, -0.15) is 0 Å². The average Bonchev–Trinajstić information content (AvgIpc) is 2.96. The van der Waals surface area contributed by atoms with Gasteiger partial charge in [-0.05, 0) is 36.4 Å². The van der Waals surface area contributed by atoms with Crippen LogP contribution in [0.3, 0.4) is 0 Å². The van der Waals surface area contributed by atoms with Crippen LogP contribution < -0.4 is 4.74 Å². The second kappa shape index (κ2) is 6.20. The van der Waals surface area contributed by atoms with Crippen molar-refractivity contribution in [2.45, 2.75) is 6.61 Å². The third kappa shape index (κ3) is 3.38. The number of nitrogens with zero attached hydrogens (tertiary/aromatic N) is 1. The van der Waals surface area contributed by atoms with E-state index in [0.29, 0.717) is 16.7 Å². The molecule has 0 radical (unpaired) electrons. The fourth-order valence-electron chi connectivity index (χ4n) is 1.97. The van der Waals surface area contributed by atoms with Crippen LogP contribution in [-0.2, 0) is 6.61 Å². The minimum atomic E-state index is 0.402. The zero-order valence-electron chi connectivity index (χ0n) is 11.0. The Morgan fingerprint density at radius 3 is 2.19 bits per heavy atom. The number of ether oxygens (including phenoxy) is 1. The number of benzene rings is 2. The largest absolute Gasteiger partial charge is 0.487 e. The summed E-state index contributed by atoms with van der Waals surface area (Å²) < 4.78 is 5.74. The van der Waals surface area contributed by atoms with E-state index >= 15 is 0 Å². The summed E-state index contributed by atoms with van der Waals surface area (Å²) in [6.45, 7) is 0.402. The second-order valence-electron chi connectivity index (χ2n) is 4.48. The van der Waals surface area contributed by atoms with Crippen LogP contribution in [0, 0.1) is 0 Å². The molecular formula is C16H12Cl2N2O. The highest BCUT2D eigenvalue weighted by atomic mass is 35.5. The smallest absolute Gasteiger partial charge is 0.130 e. The SMILES string of the molecule is Clc1ccc(OCc2[nH]cnc2-c2ccc(Cl)cc2)cc1. The van der Waals surface area contributed by atoms with Gasteiger partial charge in [-0.1, -0.05) is 35.3 Å². The fraction of sp³-hybridized carbons (Fsp3) is 0.0625. The summed E-state index contributed by atoms with van der Waals surface area (Å²) in [4.78, 5) is 7.45. The lowest BCUT2D eigenvalue weighted by Crippen LogP contribution is -1.97. The predicted molar refractivity (Wildman–Crippen MR) is 84.8 cm³/mol. The van der Waals surface area contributed by atoms with Crippen LogP contribution in [0.25, 0.3) is 11.3 Å². The highest BCUT2D eigenvalue weighted by Gasteiger charge is 2.09. The Kier molecular flexibility index (Phi) is 4.13. The first-order valence-corrected chi connectivity index (χ1v) is 7.14. The predicted octanol–water partition coefficient (Wildman–Crippen LogP) is 4.96. The van der Waals surface area contributed by atoms with Crippen molar-refractivity contribution in [3.63, 3.8) is 0 Å². The zero-order chi connectivity index (χ0) is 14.7. The molecule has 0 unspecified atom stereocenters. The molecule has 0 aliphatic carbocycles. The molecule has 0 amide bonds. The Morgan fingerprint density at radius 1 is 0.905 bits per heavy atom. The first-order valence-electron chi connectivity index (χ1n) is 6.39. The Bertz CT molecular complexity index is 721. The molecule has 3 rings (SSSR count). The van der Waals surface area contributed by atoms with E-state index in [4.69, 9.17) is 27.9 Å². The highest BCUT2D eigenvalue weighted by molar-refractivity contribution is 6.30. The van der Waals surface area contributed by atoms with Crippen molar-refractivity contribution >= 4 is 23.2 Å². The van der Waals surface area contributed by atoms with Crippen LogP contribution in [0.1, 0.15) is 5.69 Å². The molecule has 1 N–H and O–H groups in total. The Morgan fingerprint density at radius 2 is 1.52 bits per heavy atom. The molecule has 21 heavy (non-hydrogen) atoms. The molecule has 5 heteroatoms. The van der Waals surface area contributed by atoms with Gasteiger partial charge in [0.25, 0.3) is 0 Å². The average molecular weight is 319 g/mol.